The van der Waals surface area contributed by atoms with Crippen LogP contribution in [0.2, 0.25) is 0 Å². The van der Waals surface area contributed by atoms with Gasteiger partial charge in [-0.1, -0.05) is 0 Å². The number of fused-ring (bicyclic) bond motifs is 1. The number of esters is 1. The summed E-state index contributed by atoms with van der Waals surface area (Å²) in [7, 11) is 0. The van der Waals surface area contributed by atoms with Gasteiger partial charge in [0.1, 0.15) is 103 Å². The summed E-state index contributed by atoms with van der Waals surface area (Å²) in [6.45, 7) is -2.70. The van der Waals surface area contributed by atoms with E-state index in [1.807, 2.05) is 0 Å². The molecule has 25 nitrogen and oxygen atoms in total. The lowest BCUT2D eigenvalue weighted by molar-refractivity contribution is -0.305. The third-order valence-corrected chi connectivity index (χ3v) is 9.88. The molecule has 4 heterocycles. The van der Waals surface area contributed by atoms with Crippen molar-refractivity contribution in [1.29, 1.82) is 0 Å². The van der Waals surface area contributed by atoms with E-state index in [-0.39, 0.29) is 16.9 Å². The lowest BCUT2D eigenvalue weighted by Crippen LogP contribution is -2.60. The Hall–Kier alpha value is -4.97. The smallest absolute Gasteiger partial charge is 0.311 e. The number of aliphatic hydroxyl groups is 11. The lowest BCUT2D eigenvalue weighted by atomic mass is 9.99. The quantitative estimate of drug-likeness (QED) is 0.0560. The number of benzene rings is 2. The summed E-state index contributed by atoms with van der Waals surface area (Å²) >= 11 is 0. The van der Waals surface area contributed by atoms with Crippen LogP contribution >= 0.6 is 0 Å². The number of carbonyl (C=O) groups excluding carboxylic acids is 2. The van der Waals surface area contributed by atoms with E-state index in [1.54, 1.807) is 0 Å². The number of aromatic hydroxyl groups is 1. The van der Waals surface area contributed by atoms with Crippen LogP contribution in [0.4, 0.5) is 0 Å². The fraction of sp³-hybridized carbons (Fsp3) is 0.528. The van der Waals surface area contributed by atoms with Crippen molar-refractivity contribution in [2.75, 3.05) is 19.8 Å². The minimum absolute atomic E-state index is 0.229. The van der Waals surface area contributed by atoms with Crippen LogP contribution in [-0.4, -0.2) is 185 Å². The molecule has 61 heavy (non-hydrogen) atoms. The number of carbonyl (C=O) groups is 2. The van der Waals surface area contributed by atoms with Gasteiger partial charge in [0.25, 0.3) is 0 Å². The van der Waals surface area contributed by atoms with Crippen molar-refractivity contribution in [3.8, 4) is 51.4 Å². The Morgan fingerprint density at radius 1 is 0.623 bits per heavy atom. The molecule has 0 aromatic heterocycles. The fourth-order valence-electron chi connectivity index (χ4n) is 6.55. The first kappa shape index (κ1) is 45.6. The van der Waals surface area contributed by atoms with Crippen molar-refractivity contribution >= 4 is 11.9 Å². The monoisotopic (exact) mass is 872 g/mol. The summed E-state index contributed by atoms with van der Waals surface area (Å²) in [6.07, 6.45) is -30.1. The first-order valence-electron chi connectivity index (χ1n) is 18.2. The predicted molar refractivity (Wildman–Crippen MR) is 185 cm³/mol. The Bertz CT molecular complexity index is 1990. The summed E-state index contributed by atoms with van der Waals surface area (Å²) in [5.41, 5.74) is -1.39. The van der Waals surface area contributed by atoms with Gasteiger partial charge in [-0.05, 0) is 23.9 Å². The fourth-order valence-corrected chi connectivity index (χ4v) is 6.55. The molecule has 4 aliphatic heterocycles. The molecular formula is C36H40O25-2. The molecule has 0 saturated carbocycles. The lowest BCUT2D eigenvalue weighted by Gasteiger charge is -2.41. The van der Waals surface area contributed by atoms with E-state index in [9.17, 15) is 85.9 Å². The number of ether oxygens (including phenoxy) is 7. The number of hydrogen-bond acceptors (Lipinski definition) is 25. The highest BCUT2D eigenvalue weighted by atomic mass is 16.7. The van der Waals surface area contributed by atoms with E-state index in [0.717, 1.165) is 30.3 Å². The van der Waals surface area contributed by atoms with E-state index < -0.39 is 170 Å². The normalized spacial score (nSPS) is 34.1. The third-order valence-electron chi connectivity index (χ3n) is 9.88. The summed E-state index contributed by atoms with van der Waals surface area (Å²) in [5.74, 6) is -8.23. The van der Waals surface area contributed by atoms with Crippen LogP contribution in [0.3, 0.4) is 0 Å². The molecule has 0 bridgehead atoms. The minimum Gasteiger partial charge on any atom is -0.867 e. The maximum atomic E-state index is 14.0. The molecule has 12 N–H and O–H groups in total. The van der Waals surface area contributed by atoms with Gasteiger partial charge in [0.05, 0.1) is 31.2 Å². The van der Waals surface area contributed by atoms with Gasteiger partial charge in [-0.3, -0.25) is 9.59 Å². The summed E-state index contributed by atoms with van der Waals surface area (Å²) in [5, 5.41) is 150. The van der Waals surface area contributed by atoms with Crippen molar-refractivity contribution in [3.63, 3.8) is 0 Å². The van der Waals surface area contributed by atoms with Gasteiger partial charge in [-0.2, -0.15) is 0 Å². The molecule has 25 heteroatoms. The number of rotatable bonds is 13. The largest absolute Gasteiger partial charge is 0.867 e. The molecule has 5 aliphatic rings. The van der Waals surface area contributed by atoms with Crippen molar-refractivity contribution in [2.24, 2.45) is 0 Å². The molecular weight excluding hydrogens is 832 g/mol. The second-order valence-electron chi connectivity index (χ2n) is 14.1. The van der Waals surface area contributed by atoms with E-state index >= 15 is 0 Å². The molecule has 3 fully saturated rings. The van der Waals surface area contributed by atoms with Crippen LogP contribution in [-0.2, 0) is 28.5 Å². The first-order chi connectivity index (χ1) is 28.8. The van der Waals surface area contributed by atoms with Crippen LogP contribution in [0.5, 0.6) is 28.7 Å². The molecule has 0 amide bonds. The van der Waals surface area contributed by atoms with Gasteiger partial charge in [0, 0.05) is 17.7 Å². The summed E-state index contributed by atoms with van der Waals surface area (Å²) in [6, 6.07) is 4.46. The zero-order valence-electron chi connectivity index (χ0n) is 31.0. The van der Waals surface area contributed by atoms with Crippen LogP contribution in [0, 0.1) is 0 Å². The average Bonchev–Trinajstić information content (AvgIpc) is 3.21. The van der Waals surface area contributed by atoms with Gasteiger partial charge >= 0.3 is 5.97 Å². The van der Waals surface area contributed by atoms with E-state index in [2.05, 4.69) is 0 Å². The molecule has 15 atom stereocenters. The minimum atomic E-state index is -2.12. The van der Waals surface area contributed by atoms with E-state index in [4.69, 9.17) is 37.6 Å². The molecule has 6 rings (SSSR count). The van der Waals surface area contributed by atoms with Crippen molar-refractivity contribution < 1.29 is 119 Å². The predicted octanol–water partition coefficient (Wildman–Crippen LogP) is -7.58. The number of aliphatic carboxylic acids is 1. The number of carboxylic acids is 1. The first-order valence-corrected chi connectivity index (χ1v) is 18.2. The molecule has 3 saturated heterocycles. The van der Waals surface area contributed by atoms with E-state index in [1.165, 1.54) is 0 Å². The summed E-state index contributed by atoms with van der Waals surface area (Å²) < 4.78 is 44.2. The van der Waals surface area contributed by atoms with Crippen molar-refractivity contribution in [2.45, 2.75) is 98.5 Å². The topological polar surface area (TPSA) is 418 Å². The number of carboxylic acid groups (broad SMARTS) is 1. The molecule has 336 valence electrons. The highest BCUT2D eigenvalue weighted by molar-refractivity contribution is 5.89. The Labute approximate surface area is 340 Å². The maximum absolute atomic E-state index is 14.0. The Kier molecular flexibility index (Phi) is 13.9. The van der Waals surface area contributed by atoms with Crippen molar-refractivity contribution in [3.05, 3.63) is 40.6 Å². The number of phenolic OH excluding ortho intramolecular Hbond substituents is 1. The van der Waals surface area contributed by atoms with E-state index in [0.29, 0.717) is 0 Å². The molecule has 0 spiro atoms. The van der Waals surface area contributed by atoms with Crippen LogP contribution in [0.15, 0.2) is 39.5 Å². The van der Waals surface area contributed by atoms with Crippen molar-refractivity contribution in [1.82, 2.24) is 0 Å². The van der Waals surface area contributed by atoms with Gasteiger partial charge in [0.2, 0.25) is 18.9 Å². The molecule has 1 aliphatic carbocycles. The molecule has 1 aromatic carbocycles. The zero-order valence-corrected chi connectivity index (χ0v) is 31.0. The molecule has 1 aromatic rings. The van der Waals surface area contributed by atoms with Gasteiger partial charge in [0.15, 0.2) is 16.9 Å². The van der Waals surface area contributed by atoms with Crippen LogP contribution in [0.25, 0.3) is 22.6 Å². The summed E-state index contributed by atoms with van der Waals surface area (Å²) in [4.78, 5) is 35.1. The number of aliphatic hydroxyl groups excluding tert-OH is 11. The highest BCUT2D eigenvalue weighted by Crippen LogP contribution is 2.47. The van der Waals surface area contributed by atoms with Gasteiger partial charge in [-0.25, -0.2) is 0 Å². The van der Waals surface area contributed by atoms with Crippen LogP contribution in [0.1, 0.15) is 6.42 Å². The van der Waals surface area contributed by atoms with Crippen LogP contribution < -0.4 is 29.9 Å². The van der Waals surface area contributed by atoms with Gasteiger partial charge < -0.3 is 114 Å². The number of phenols is 1. The SMILES string of the molecule is O=C([O-])CC(=O)OC[C@H]1O[C@@H](Oc2cc3c(O)cc(=O)cc-3oc2-c2cc(O[C@@H]3O[C@H](CO)[C@@H](O)[C@H](O)[C@H]3O)c([O-])c(O[C@@H]3O[C@H](CO)[C@@H](O)[C@H](O)[C@H]3O)c2)[C@H](O)[C@@H](O)[C@@H]1O. The molecule has 0 radical (unpaired) electrons. The maximum Gasteiger partial charge on any atom is 0.311 e. The third kappa shape index (κ3) is 9.44. The molecule has 0 unspecified atom stereocenters. The average molecular weight is 873 g/mol. The Morgan fingerprint density at radius 3 is 1.56 bits per heavy atom. The Morgan fingerprint density at radius 2 is 1.08 bits per heavy atom. The standard InChI is InChI=1S/C36H42O25/c37-7-18-24(45)27(48)30(51)34(59-18)56-15-1-10(2-16(23(15)44)57-35-31(52)28(49)25(46)19(8-38)60-35)33-17(5-12-13(40)3-11(39)4-14(12)55-33)58-36-32(53)29(50)26(47)20(61-36)9-54-22(43)6-21(41)42/h1-5,18-20,24-32,34-38,40,44-53H,6-9H2,(H,41,42)/p-2/t18-,19-,20-,24-,25-,26-,27+,28+,29+,30-,31-,32-,34-,35-,36-/m1/s1. The second-order valence-corrected chi connectivity index (χ2v) is 14.1. The second kappa shape index (κ2) is 18.6. The highest BCUT2D eigenvalue weighted by Gasteiger charge is 2.48. The van der Waals surface area contributed by atoms with Gasteiger partial charge in [-0.15, -0.1) is 0 Å². The zero-order chi connectivity index (χ0) is 44.6. The Balaban J connectivity index is 1.46. The number of hydrogen-bond donors (Lipinski definition) is 12.